The van der Waals surface area contributed by atoms with Crippen molar-refractivity contribution in [3.05, 3.63) is 58.6 Å². The number of hydrogen-bond donors (Lipinski definition) is 1. The van der Waals surface area contributed by atoms with Gasteiger partial charge in [0.25, 0.3) is 5.91 Å². The molecule has 1 aliphatic rings. The quantitative estimate of drug-likeness (QED) is 0.734. The van der Waals surface area contributed by atoms with Crippen molar-refractivity contribution in [1.82, 2.24) is 9.88 Å². The van der Waals surface area contributed by atoms with Crippen LogP contribution >= 0.6 is 22.9 Å². The first kappa shape index (κ1) is 17.4. The lowest BCUT2D eigenvalue weighted by molar-refractivity contribution is 0.0342. The molecule has 0 atom stereocenters. The van der Waals surface area contributed by atoms with Gasteiger partial charge in [-0.25, -0.2) is 4.98 Å². The average molecular weight is 388 g/mol. The van der Waals surface area contributed by atoms with Crippen LogP contribution in [0.2, 0.25) is 5.02 Å². The van der Waals surface area contributed by atoms with Gasteiger partial charge in [0.15, 0.2) is 5.13 Å². The lowest BCUT2D eigenvalue weighted by atomic mass is 10.2. The third kappa shape index (κ3) is 4.04. The molecule has 3 aromatic rings. The first-order valence-corrected chi connectivity index (χ1v) is 9.63. The molecule has 4 rings (SSSR count). The predicted molar refractivity (Wildman–Crippen MR) is 105 cm³/mol. The van der Waals surface area contributed by atoms with Gasteiger partial charge in [0.05, 0.1) is 23.4 Å². The topological polar surface area (TPSA) is 54.5 Å². The molecule has 1 N–H and O–H groups in total. The molecule has 1 fully saturated rings. The van der Waals surface area contributed by atoms with Crippen LogP contribution in [0.4, 0.5) is 5.13 Å². The maximum Gasteiger partial charge on any atom is 0.257 e. The summed E-state index contributed by atoms with van der Waals surface area (Å²) in [4.78, 5) is 19.2. The number of morpholine rings is 1. The predicted octanol–water partition coefficient (Wildman–Crippen LogP) is 4.03. The number of amides is 1. The number of hydrogen-bond acceptors (Lipinski definition) is 5. The van der Waals surface area contributed by atoms with Crippen molar-refractivity contribution in [2.45, 2.75) is 6.54 Å². The Morgan fingerprint density at radius 2 is 1.96 bits per heavy atom. The minimum atomic E-state index is -0.186. The largest absolute Gasteiger partial charge is 0.379 e. The summed E-state index contributed by atoms with van der Waals surface area (Å²) in [5.41, 5.74) is 2.70. The Bertz CT molecular complexity index is 920. The highest BCUT2D eigenvalue weighted by atomic mass is 35.5. The number of rotatable bonds is 4. The number of ether oxygens (including phenoxy) is 1. The van der Waals surface area contributed by atoms with Gasteiger partial charge < -0.3 is 4.74 Å². The molecule has 1 aliphatic heterocycles. The molecule has 0 bridgehead atoms. The Balaban J connectivity index is 1.48. The third-order valence-corrected chi connectivity index (χ3v) is 5.48. The smallest absolute Gasteiger partial charge is 0.257 e. The van der Waals surface area contributed by atoms with Crippen LogP contribution in [-0.2, 0) is 11.3 Å². The lowest BCUT2D eigenvalue weighted by Crippen LogP contribution is -2.35. The Morgan fingerprint density at radius 3 is 2.73 bits per heavy atom. The molecular weight excluding hydrogens is 370 g/mol. The fourth-order valence-corrected chi connectivity index (χ4v) is 3.96. The van der Waals surface area contributed by atoms with Crippen molar-refractivity contribution in [3.63, 3.8) is 0 Å². The van der Waals surface area contributed by atoms with Crippen molar-refractivity contribution in [1.29, 1.82) is 0 Å². The highest BCUT2D eigenvalue weighted by Crippen LogP contribution is 2.27. The summed E-state index contributed by atoms with van der Waals surface area (Å²) in [7, 11) is 0. The zero-order valence-corrected chi connectivity index (χ0v) is 15.6. The van der Waals surface area contributed by atoms with E-state index in [1.54, 1.807) is 24.3 Å². The van der Waals surface area contributed by atoms with Crippen LogP contribution < -0.4 is 5.32 Å². The molecule has 0 aliphatic carbocycles. The molecule has 2 heterocycles. The van der Waals surface area contributed by atoms with E-state index in [0.717, 1.165) is 43.1 Å². The van der Waals surface area contributed by atoms with Crippen LogP contribution in [0.5, 0.6) is 0 Å². The van der Waals surface area contributed by atoms with Crippen molar-refractivity contribution in [3.8, 4) is 0 Å². The van der Waals surface area contributed by atoms with Gasteiger partial charge in [-0.1, -0.05) is 29.0 Å². The second kappa shape index (κ2) is 7.72. The van der Waals surface area contributed by atoms with E-state index in [-0.39, 0.29) is 5.91 Å². The van der Waals surface area contributed by atoms with Crippen LogP contribution in [0.3, 0.4) is 0 Å². The molecule has 1 amide bonds. The minimum Gasteiger partial charge on any atom is -0.379 e. The molecule has 0 radical (unpaired) electrons. The van der Waals surface area contributed by atoms with Gasteiger partial charge in [0.1, 0.15) is 0 Å². The molecule has 2 aromatic carbocycles. The van der Waals surface area contributed by atoms with Crippen LogP contribution in [0.25, 0.3) is 10.2 Å². The second-order valence-electron chi connectivity index (χ2n) is 6.17. The molecule has 26 heavy (non-hydrogen) atoms. The van der Waals surface area contributed by atoms with Gasteiger partial charge in [-0.3, -0.25) is 15.0 Å². The van der Waals surface area contributed by atoms with Gasteiger partial charge in [-0.05, 0) is 42.0 Å². The van der Waals surface area contributed by atoms with E-state index >= 15 is 0 Å². The van der Waals surface area contributed by atoms with E-state index in [9.17, 15) is 4.79 Å². The summed E-state index contributed by atoms with van der Waals surface area (Å²) in [6, 6.07) is 13.1. The van der Waals surface area contributed by atoms with Crippen molar-refractivity contribution < 1.29 is 9.53 Å². The summed E-state index contributed by atoms with van der Waals surface area (Å²) in [5, 5.41) is 4.07. The first-order valence-electron chi connectivity index (χ1n) is 8.44. The fraction of sp³-hybridized carbons (Fsp3) is 0.263. The maximum absolute atomic E-state index is 12.3. The van der Waals surface area contributed by atoms with Crippen molar-refractivity contribution in [2.24, 2.45) is 0 Å². The van der Waals surface area contributed by atoms with Gasteiger partial charge in [-0.2, -0.15) is 0 Å². The normalized spacial score (nSPS) is 15.3. The number of benzene rings is 2. The highest BCUT2D eigenvalue weighted by Gasteiger charge is 2.13. The number of nitrogens with one attached hydrogen (secondary N) is 1. The summed E-state index contributed by atoms with van der Waals surface area (Å²) in [5.74, 6) is -0.186. The highest BCUT2D eigenvalue weighted by molar-refractivity contribution is 7.22. The summed E-state index contributed by atoms with van der Waals surface area (Å²) in [6.07, 6.45) is 0. The minimum absolute atomic E-state index is 0.186. The molecule has 0 spiro atoms. The van der Waals surface area contributed by atoms with E-state index in [1.807, 2.05) is 6.07 Å². The molecule has 7 heteroatoms. The van der Waals surface area contributed by atoms with E-state index < -0.39 is 0 Å². The standard InChI is InChI=1S/C19H18ClN3O2S/c20-15-4-2-14(3-5-15)18(24)22-19-21-16-6-1-13(11-17(16)26-19)12-23-7-9-25-10-8-23/h1-6,11H,7-10,12H2,(H,21,22,24). The average Bonchev–Trinajstić information content (AvgIpc) is 3.04. The first-order chi connectivity index (χ1) is 12.7. The molecule has 1 saturated heterocycles. The van der Waals surface area contributed by atoms with Crippen LogP contribution in [0, 0.1) is 0 Å². The summed E-state index contributed by atoms with van der Waals surface area (Å²) < 4.78 is 6.47. The fourth-order valence-electron chi connectivity index (χ4n) is 2.91. The van der Waals surface area contributed by atoms with Crippen molar-refractivity contribution >= 4 is 44.2 Å². The zero-order chi connectivity index (χ0) is 17.9. The summed E-state index contributed by atoms with van der Waals surface area (Å²) >= 11 is 7.35. The summed E-state index contributed by atoms with van der Waals surface area (Å²) in [6.45, 7) is 4.42. The van der Waals surface area contributed by atoms with Crippen molar-refractivity contribution in [2.75, 3.05) is 31.6 Å². The second-order valence-corrected chi connectivity index (χ2v) is 7.64. The van der Waals surface area contributed by atoms with Gasteiger partial charge in [0, 0.05) is 30.2 Å². The maximum atomic E-state index is 12.3. The Morgan fingerprint density at radius 1 is 1.19 bits per heavy atom. The molecular formula is C19H18ClN3O2S. The number of nitrogens with zero attached hydrogens (tertiary/aromatic N) is 2. The van der Waals surface area contributed by atoms with Crippen LogP contribution in [0.15, 0.2) is 42.5 Å². The number of carbonyl (C=O) groups excluding carboxylic acids is 1. The monoisotopic (exact) mass is 387 g/mol. The van der Waals surface area contributed by atoms with Gasteiger partial charge in [-0.15, -0.1) is 0 Å². The van der Waals surface area contributed by atoms with E-state index in [1.165, 1.54) is 16.9 Å². The number of halogens is 1. The molecule has 134 valence electrons. The van der Waals surface area contributed by atoms with Gasteiger partial charge >= 0.3 is 0 Å². The number of carbonyl (C=O) groups is 1. The molecule has 0 unspecified atom stereocenters. The number of fused-ring (bicyclic) bond motifs is 1. The lowest BCUT2D eigenvalue weighted by Gasteiger charge is -2.26. The Hall–Kier alpha value is -1.99. The molecule has 5 nitrogen and oxygen atoms in total. The van der Waals surface area contributed by atoms with Crippen LogP contribution in [0.1, 0.15) is 15.9 Å². The number of anilines is 1. The molecule has 0 saturated carbocycles. The third-order valence-electron chi connectivity index (χ3n) is 4.29. The Kier molecular flexibility index (Phi) is 5.17. The van der Waals surface area contributed by atoms with Gasteiger partial charge in [0.2, 0.25) is 0 Å². The number of aromatic nitrogens is 1. The number of thiazole rings is 1. The van der Waals surface area contributed by atoms with Crippen LogP contribution in [-0.4, -0.2) is 42.1 Å². The van der Waals surface area contributed by atoms with E-state index in [0.29, 0.717) is 15.7 Å². The Labute approximate surface area is 160 Å². The van der Waals surface area contributed by atoms with E-state index in [4.69, 9.17) is 16.3 Å². The van der Waals surface area contributed by atoms with E-state index in [2.05, 4.69) is 27.3 Å². The molecule has 1 aromatic heterocycles. The SMILES string of the molecule is O=C(Nc1nc2ccc(CN3CCOCC3)cc2s1)c1ccc(Cl)cc1. The zero-order valence-electron chi connectivity index (χ0n) is 14.1.